The molecule has 120 valence electrons. The van der Waals surface area contributed by atoms with E-state index in [0.29, 0.717) is 11.8 Å². The number of hydrogen-bond donors (Lipinski definition) is 0. The van der Waals surface area contributed by atoms with Gasteiger partial charge >= 0.3 is 51.4 Å². The number of aldehydes is 1. The molecule has 4 bridgehead atoms. The van der Waals surface area contributed by atoms with Crippen LogP contribution in [0.15, 0.2) is 11.6 Å². The smallest absolute Gasteiger partial charge is 0.549 e. The average Bonchev–Trinajstić information content (AvgIpc) is 3.06. The van der Waals surface area contributed by atoms with E-state index in [0.717, 1.165) is 37.5 Å². The minimum atomic E-state index is -1.02. The summed E-state index contributed by atoms with van der Waals surface area (Å²) >= 11 is 0. The number of aliphatic carboxylic acids is 1. The van der Waals surface area contributed by atoms with Crippen LogP contribution in [0.1, 0.15) is 46.5 Å². The van der Waals surface area contributed by atoms with Crippen molar-refractivity contribution in [3.05, 3.63) is 11.6 Å². The van der Waals surface area contributed by atoms with Crippen molar-refractivity contribution in [3.8, 4) is 0 Å². The summed E-state index contributed by atoms with van der Waals surface area (Å²) < 4.78 is 0. The standard InChI is InChI=1S/C19H26O3.K/c1-10(2)15-6-12-8-18(9-20)14-5-4-11(3)13(14)7-16(12)19(15,18)17(21)22;/h6,9-14,16H,4-5,7-8H2,1-3H3,(H,21,22);/q;+1/p-1. The van der Waals surface area contributed by atoms with Crippen LogP contribution in [0.2, 0.25) is 0 Å². The Morgan fingerprint density at radius 2 is 2.04 bits per heavy atom. The van der Waals surface area contributed by atoms with Gasteiger partial charge in [0.1, 0.15) is 6.29 Å². The van der Waals surface area contributed by atoms with Crippen LogP contribution in [0.5, 0.6) is 0 Å². The number of allylic oxidation sites excluding steroid dienone is 1. The fourth-order valence-electron chi connectivity index (χ4n) is 7.11. The molecule has 0 spiro atoms. The molecule has 4 aliphatic rings. The Kier molecular flexibility index (Phi) is 4.59. The topological polar surface area (TPSA) is 57.2 Å². The third-order valence-electron chi connectivity index (χ3n) is 7.75. The molecule has 0 saturated heterocycles. The summed E-state index contributed by atoms with van der Waals surface area (Å²) in [6.07, 6.45) is 7.07. The Bertz CT molecular complexity index is 583. The molecule has 0 N–H and O–H groups in total. The molecule has 4 heteroatoms. The van der Waals surface area contributed by atoms with Gasteiger partial charge in [-0.3, -0.25) is 0 Å². The van der Waals surface area contributed by atoms with E-state index in [9.17, 15) is 14.7 Å². The zero-order valence-corrected chi connectivity index (χ0v) is 17.8. The number of carboxylic acids is 1. The van der Waals surface area contributed by atoms with Crippen LogP contribution >= 0.6 is 0 Å². The summed E-state index contributed by atoms with van der Waals surface area (Å²) in [5, 5.41) is 12.4. The third kappa shape index (κ3) is 1.91. The zero-order chi connectivity index (χ0) is 15.9. The van der Waals surface area contributed by atoms with Crippen LogP contribution in [-0.4, -0.2) is 12.3 Å². The van der Waals surface area contributed by atoms with E-state index in [2.05, 4.69) is 26.8 Å². The first-order chi connectivity index (χ1) is 10.4. The van der Waals surface area contributed by atoms with Crippen molar-refractivity contribution < 1.29 is 66.1 Å². The maximum atomic E-state index is 12.4. The second-order valence-electron chi connectivity index (χ2n) is 8.57. The summed E-state index contributed by atoms with van der Waals surface area (Å²) in [5.41, 5.74) is -0.735. The van der Waals surface area contributed by atoms with E-state index in [1.807, 2.05) is 0 Å². The molecular formula is C19H25KO3. The minimum Gasteiger partial charge on any atom is -0.549 e. The number of carboxylic acid groups (broad SMARTS) is 1. The molecule has 0 radical (unpaired) electrons. The van der Waals surface area contributed by atoms with Gasteiger partial charge in [-0.25, -0.2) is 0 Å². The predicted octanol–water partition coefficient (Wildman–Crippen LogP) is -0.790. The van der Waals surface area contributed by atoms with Crippen LogP contribution in [-0.2, 0) is 9.59 Å². The van der Waals surface area contributed by atoms with E-state index in [1.165, 1.54) is 0 Å². The van der Waals surface area contributed by atoms with Gasteiger partial charge in [0.2, 0.25) is 0 Å². The molecule has 3 fully saturated rings. The first-order valence-corrected chi connectivity index (χ1v) is 8.80. The first-order valence-electron chi connectivity index (χ1n) is 8.80. The van der Waals surface area contributed by atoms with E-state index < -0.39 is 16.8 Å². The Labute approximate surface area is 181 Å². The summed E-state index contributed by atoms with van der Waals surface area (Å²) in [6, 6.07) is 0. The molecular weight excluding hydrogens is 315 g/mol. The van der Waals surface area contributed by atoms with Crippen LogP contribution in [0.3, 0.4) is 0 Å². The summed E-state index contributed by atoms with van der Waals surface area (Å²) in [7, 11) is 0. The Hall–Kier alpha value is 0.516. The first kappa shape index (κ1) is 18.3. The Morgan fingerprint density at radius 1 is 1.35 bits per heavy atom. The number of rotatable bonds is 3. The SMILES string of the molecule is CC(C)C1=CC2CC3(C=O)C4CCC(C)C4CC2C13C(=O)[O-].[K+]. The summed E-state index contributed by atoms with van der Waals surface area (Å²) in [6.45, 7) is 6.39. The van der Waals surface area contributed by atoms with E-state index in [-0.39, 0.29) is 75.1 Å². The summed E-state index contributed by atoms with van der Waals surface area (Å²) in [5.74, 6) is 0.906. The molecule has 4 rings (SSSR count). The summed E-state index contributed by atoms with van der Waals surface area (Å²) in [4.78, 5) is 24.8. The maximum absolute atomic E-state index is 12.4. The Balaban J connectivity index is 0.00000156. The minimum absolute atomic E-state index is 0. The van der Waals surface area contributed by atoms with Gasteiger partial charge in [0, 0.05) is 10.8 Å². The number of fused-ring (bicyclic) bond motifs is 2. The molecule has 23 heavy (non-hydrogen) atoms. The zero-order valence-electron chi connectivity index (χ0n) is 14.7. The van der Waals surface area contributed by atoms with Gasteiger partial charge in [0.15, 0.2) is 0 Å². The largest absolute Gasteiger partial charge is 1.00 e. The van der Waals surface area contributed by atoms with Crippen LogP contribution in [0.4, 0.5) is 0 Å². The molecule has 0 aromatic heterocycles. The Morgan fingerprint density at radius 3 is 2.61 bits per heavy atom. The van der Waals surface area contributed by atoms with Crippen molar-refractivity contribution in [2.45, 2.75) is 46.5 Å². The molecule has 0 aromatic carbocycles. The number of carbonyl (C=O) groups excluding carboxylic acids is 2. The van der Waals surface area contributed by atoms with E-state index in [4.69, 9.17) is 0 Å². The van der Waals surface area contributed by atoms with Gasteiger partial charge in [0.25, 0.3) is 0 Å². The molecule has 4 aliphatic carbocycles. The van der Waals surface area contributed by atoms with Crippen molar-refractivity contribution in [1.82, 2.24) is 0 Å². The van der Waals surface area contributed by atoms with Crippen LogP contribution in [0.25, 0.3) is 0 Å². The molecule has 0 heterocycles. The number of hydrogen-bond acceptors (Lipinski definition) is 3. The molecule has 7 atom stereocenters. The van der Waals surface area contributed by atoms with Crippen molar-refractivity contribution in [1.29, 1.82) is 0 Å². The fraction of sp³-hybridized carbons (Fsp3) is 0.789. The van der Waals surface area contributed by atoms with Gasteiger partial charge < -0.3 is 14.7 Å². The number of carbonyl (C=O) groups is 2. The quantitative estimate of drug-likeness (QED) is 0.384. The molecule has 7 unspecified atom stereocenters. The van der Waals surface area contributed by atoms with Gasteiger partial charge in [-0.15, -0.1) is 0 Å². The predicted molar refractivity (Wildman–Crippen MR) is 80.5 cm³/mol. The van der Waals surface area contributed by atoms with Crippen molar-refractivity contribution in [3.63, 3.8) is 0 Å². The van der Waals surface area contributed by atoms with Gasteiger partial charge in [0.05, 0.1) is 5.97 Å². The molecule has 0 aromatic rings. The molecule has 0 aliphatic heterocycles. The second kappa shape index (κ2) is 5.77. The fourth-order valence-corrected chi connectivity index (χ4v) is 7.11. The average molecular weight is 341 g/mol. The van der Waals surface area contributed by atoms with Crippen molar-refractivity contribution >= 4 is 12.3 Å². The van der Waals surface area contributed by atoms with Crippen molar-refractivity contribution in [2.24, 2.45) is 46.3 Å². The second-order valence-corrected chi connectivity index (χ2v) is 8.57. The van der Waals surface area contributed by atoms with E-state index in [1.54, 1.807) is 0 Å². The van der Waals surface area contributed by atoms with Crippen molar-refractivity contribution in [2.75, 3.05) is 0 Å². The van der Waals surface area contributed by atoms with Crippen LogP contribution in [0, 0.1) is 46.3 Å². The van der Waals surface area contributed by atoms with E-state index >= 15 is 0 Å². The van der Waals surface area contributed by atoms with Gasteiger partial charge in [-0.2, -0.15) is 0 Å². The molecule has 3 saturated carbocycles. The monoisotopic (exact) mass is 340 g/mol. The molecule has 0 amide bonds. The van der Waals surface area contributed by atoms with Gasteiger partial charge in [-0.1, -0.05) is 38.8 Å². The maximum Gasteiger partial charge on any atom is 1.00 e. The van der Waals surface area contributed by atoms with Gasteiger partial charge in [-0.05, 0) is 54.8 Å². The third-order valence-corrected chi connectivity index (χ3v) is 7.75. The normalized spacial score (nSPS) is 49.6. The molecule has 3 nitrogen and oxygen atoms in total. The van der Waals surface area contributed by atoms with Crippen LogP contribution < -0.4 is 56.5 Å².